The third kappa shape index (κ3) is 3.79. The molecule has 1 saturated heterocycles. The first-order valence-corrected chi connectivity index (χ1v) is 9.47. The van der Waals surface area contributed by atoms with E-state index in [2.05, 4.69) is 15.4 Å². The van der Waals surface area contributed by atoms with Gasteiger partial charge in [-0.3, -0.25) is 14.5 Å². The van der Waals surface area contributed by atoms with Crippen LogP contribution in [0.5, 0.6) is 0 Å². The number of urea groups is 1. The summed E-state index contributed by atoms with van der Waals surface area (Å²) in [6.45, 7) is 3.42. The van der Waals surface area contributed by atoms with Crippen molar-refractivity contribution in [1.29, 1.82) is 0 Å². The Morgan fingerprint density at radius 2 is 2.00 bits per heavy atom. The summed E-state index contributed by atoms with van der Waals surface area (Å²) < 4.78 is 1.99. The Balaban J connectivity index is 1.38. The molecule has 4 heterocycles. The molecule has 3 amide bonds. The molecule has 2 aliphatic rings. The molecule has 0 spiro atoms. The molecule has 2 aromatic heterocycles. The maximum absolute atomic E-state index is 12.8. The number of nitrogens with one attached hydrogen (secondary N) is 1. The van der Waals surface area contributed by atoms with Gasteiger partial charge in [-0.05, 0) is 37.5 Å². The molecule has 0 saturated carbocycles. The number of hydrogen-bond donors (Lipinski definition) is 1. The van der Waals surface area contributed by atoms with Crippen molar-refractivity contribution in [3.63, 3.8) is 0 Å². The van der Waals surface area contributed by atoms with Crippen molar-refractivity contribution in [2.45, 2.75) is 31.8 Å². The van der Waals surface area contributed by atoms with Gasteiger partial charge in [0.2, 0.25) is 0 Å². The molecule has 2 aliphatic heterocycles. The van der Waals surface area contributed by atoms with Crippen molar-refractivity contribution < 1.29 is 9.59 Å². The van der Waals surface area contributed by atoms with Gasteiger partial charge in [-0.2, -0.15) is 5.10 Å². The van der Waals surface area contributed by atoms with E-state index in [0.717, 1.165) is 31.6 Å². The van der Waals surface area contributed by atoms with Gasteiger partial charge in [-0.1, -0.05) is 0 Å². The lowest BCUT2D eigenvalue weighted by Gasteiger charge is -2.36. The Bertz CT molecular complexity index is 800. The number of nitrogens with zero attached hydrogens (tertiary/aromatic N) is 5. The highest BCUT2D eigenvalue weighted by atomic mass is 16.2. The van der Waals surface area contributed by atoms with Gasteiger partial charge in [0.05, 0.1) is 23.8 Å². The molecule has 0 aromatic carbocycles. The first-order chi connectivity index (χ1) is 13.2. The van der Waals surface area contributed by atoms with Crippen LogP contribution in [0.15, 0.2) is 36.8 Å². The van der Waals surface area contributed by atoms with Crippen LogP contribution >= 0.6 is 0 Å². The summed E-state index contributed by atoms with van der Waals surface area (Å²) in [6.07, 6.45) is 7.86. The van der Waals surface area contributed by atoms with E-state index < -0.39 is 0 Å². The standard InChI is InChI=1S/C19H24N6O2/c26-18(15-4-3-7-20-12-15)21-8-5-16-13-24(14-17-6-9-22-25(16)17)19(27)23-10-1-2-11-23/h3-4,6-7,9,12,16H,1-2,5,8,10-11,13-14H2,(H,21,26)/t16-/m0/s1. The highest BCUT2D eigenvalue weighted by Gasteiger charge is 2.31. The molecule has 8 nitrogen and oxygen atoms in total. The first-order valence-electron chi connectivity index (χ1n) is 9.47. The molecule has 0 radical (unpaired) electrons. The Hall–Kier alpha value is -2.90. The van der Waals surface area contributed by atoms with Crippen molar-refractivity contribution in [3.05, 3.63) is 48.0 Å². The van der Waals surface area contributed by atoms with Crippen LogP contribution in [-0.2, 0) is 6.54 Å². The predicted molar refractivity (Wildman–Crippen MR) is 99.1 cm³/mol. The number of pyridine rings is 1. The molecule has 4 rings (SSSR count). The van der Waals surface area contributed by atoms with Crippen LogP contribution < -0.4 is 5.32 Å². The second kappa shape index (κ2) is 7.77. The average molecular weight is 368 g/mol. The zero-order chi connectivity index (χ0) is 18.6. The molecule has 0 bridgehead atoms. The lowest BCUT2D eigenvalue weighted by Crippen LogP contribution is -2.47. The maximum Gasteiger partial charge on any atom is 0.320 e. The summed E-state index contributed by atoms with van der Waals surface area (Å²) >= 11 is 0. The topological polar surface area (TPSA) is 83.4 Å². The highest BCUT2D eigenvalue weighted by Crippen LogP contribution is 2.24. The predicted octanol–water partition coefficient (Wildman–Crippen LogP) is 1.67. The fourth-order valence-corrected chi connectivity index (χ4v) is 3.81. The number of hydrogen-bond acceptors (Lipinski definition) is 4. The Kier molecular flexibility index (Phi) is 5.04. The number of carbonyl (C=O) groups is 2. The van der Waals surface area contributed by atoms with Crippen molar-refractivity contribution in [1.82, 2.24) is 29.9 Å². The monoisotopic (exact) mass is 368 g/mol. The van der Waals surface area contributed by atoms with Crippen LogP contribution in [0.25, 0.3) is 0 Å². The molecular weight excluding hydrogens is 344 g/mol. The molecule has 1 fully saturated rings. The third-order valence-corrected chi connectivity index (χ3v) is 5.22. The zero-order valence-electron chi connectivity index (χ0n) is 15.3. The fraction of sp³-hybridized carbons (Fsp3) is 0.474. The van der Waals surface area contributed by atoms with Crippen LogP contribution in [-0.4, -0.2) is 62.7 Å². The van der Waals surface area contributed by atoms with E-state index >= 15 is 0 Å². The van der Waals surface area contributed by atoms with Gasteiger partial charge in [0.25, 0.3) is 5.91 Å². The van der Waals surface area contributed by atoms with Crippen molar-refractivity contribution in [2.24, 2.45) is 0 Å². The number of aromatic nitrogens is 3. The Labute approximate surface area is 158 Å². The van der Waals surface area contributed by atoms with Crippen LogP contribution in [0.2, 0.25) is 0 Å². The average Bonchev–Trinajstić information content (AvgIpc) is 3.39. The lowest BCUT2D eigenvalue weighted by atomic mass is 10.1. The van der Waals surface area contributed by atoms with Gasteiger partial charge in [0.1, 0.15) is 0 Å². The summed E-state index contributed by atoms with van der Waals surface area (Å²) in [5, 5.41) is 7.36. The molecule has 0 unspecified atom stereocenters. The van der Waals surface area contributed by atoms with Gasteiger partial charge < -0.3 is 15.1 Å². The summed E-state index contributed by atoms with van der Waals surface area (Å²) in [5.74, 6) is -0.135. The van der Waals surface area contributed by atoms with E-state index in [9.17, 15) is 9.59 Å². The number of carbonyl (C=O) groups excluding carboxylic acids is 2. The second-order valence-electron chi connectivity index (χ2n) is 7.06. The molecule has 2 aromatic rings. The van der Waals surface area contributed by atoms with E-state index in [1.54, 1.807) is 30.7 Å². The second-order valence-corrected chi connectivity index (χ2v) is 7.06. The van der Waals surface area contributed by atoms with E-state index in [1.807, 2.05) is 20.5 Å². The van der Waals surface area contributed by atoms with E-state index in [-0.39, 0.29) is 18.0 Å². The zero-order valence-corrected chi connectivity index (χ0v) is 15.3. The van der Waals surface area contributed by atoms with Gasteiger partial charge in [-0.15, -0.1) is 0 Å². The Morgan fingerprint density at radius 1 is 1.15 bits per heavy atom. The quantitative estimate of drug-likeness (QED) is 0.890. The molecule has 27 heavy (non-hydrogen) atoms. The molecule has 8 heteroatoms. The molecule has 142 valence electrons. The minimum atomic E-state index is -0.135. The summed E-state index contributed by atoms with van der Waals surface area (Å²) in [7, 11) is 0. The molecule has 1 N–H and O–H groups in total. The van der Waals surface area contributed by atoms with Crippen molar-refractivity contribution >= 4 is 11.9 Å². The highest BCUT2D eigenvalue weighted by molar-refractivity contribution is 5.93. The van der Waals surface area contributed by atoms with Crippen LogP contribution in [0.3, 0.4) is 0 Å². The van der Waals surface area contributed by atoms with Crippen molar-refractivity contribution in [2.75, 3.05) is 26.2 Å². The maximum atomic E-state index is 12.8. The van der Waals surface area contributed by atoms with Crippen LogP contribution in [0.1, 0.15) is 41.4 Å². The summed E-state index contributed by atoms with van der Waals surface area (Å²) in [6, 6.07) is 5.62. The molecular formula is C19H24N6O2. The minimum absolute atomic E-state index is 0.0597. The third-order valence-electron chi connectivity index (χ3n) is 5.22. The van der Waals surface area contributed by atoms with Crippen molar-refractivity contribution in [3.8, 4) is 0 Å². The Morgan fingerprint density at radius 3 is 2.78 bits per heavy atom. The van der Waals surface area contributed by atoms with Gasteiger partial charge in [0.15, 0.2) is 0 Å². The normalized spacial score (nSPS) is 19.0. The number of rotatable bonds is 4. The summed E-state index contributed by atoms with van der Waals surface area (Å²) in [4.78, 5) is 32.8. The van der Waals surface area contributed by atoms with Gasteiger partial charge >= 0.3 is 6.03 Å². The minimum Gasteiger partial charge on any atom is -0.352 e. The van der Waals surface area contributed by atoms with Gasteiger partial charge in [-0.25, -0.2) is 4.79 Å². The lowest BCUT2D eigenvalue weighted by molar-refractivity contribution is 0.0945. The van der Waals surface area contributed by atoms with Gasteiger partial charge in [0, 0.05) is 44.8 Å². The van der Waals surface area contributed by atoms with Crippen LogP contribution in [0, 0.1) is 0 Å². The van der Waals surface area contributed by atoms with E-state index in [0.29, 0.717) is 31.6 Å². The molecule has 1 atom stereocenters. The number of amides is 3. The fourth-order valence-electron chi connectivity index (χ4n) is 3.81. The number of fused-ring (bicyclic) bond motifs is 1. The smallest absolute Gasteiger partial charge is 0.320 e. The molecule has 0 aliphatic carbocycles. The van der Waals surface area contributed by atoms with Crippen LogP contribution in [0.4, 0.5) is 4.79 Å². The number of likely N-dealkylation sites (tertiary alicyclic amines) is 1. The summed E-state index contributed by atoms with van der Waals surface area (Å²) in [5.41, 5.74) is 1.59. The first kappa shape index (κ1) is 17.5. The van der Waals surface area contributed by atoms with E-state index in [4.69, 9.17) is 0 Å². The van der Waals surface area contributed by atoms with E-state index in [1.165, 1.54) is 0 Å². The SMILES string of the molecule is O=C(NCC[C@H]1CN(C(=O)N2CCCC2)Cc2ccnn21)c1cccnc1. The largest absolute Gasteiger partial charge is 0.352 e.